The average Bonchev–Trinajstić information content (AvgIpc) is 2.53. The topological polar surface area (TPSA) is 76.9 Å². The van der Waals surface area contributed by atoms with Crippen LogP contribution in [0.15, 0.2) is 30.3 Å². The second-order valence-corrected chi connectivity index (χ2v) is 5.51. The number of aromatic nitrogens is 2. The summed E-state index contributed by atoms with van der Waals surface area (Å²) in [7, 11) is 3.70. The highest BCUT2D eigenvalue weighted by Gasteiger charge is 2.33. The van der Waals surface area contributed by atoms with Gasteiger partial charge in [-0.3, -0.25) is 0 Å². The van der Waals surface area contributed by atoms with Crippen molar-refractivity contribution >= 4 is 17.5 Å². The predicted octanol–water partition coefficient (Wildman–Crippen LogP) is 3.08. The Kier molecular flexibility index (Phi) is 5.77. The van der Waals surface area contributed by atoms with Gasteiger partial charge in [-0.25, -0.2) is 4.98 Å². The summed E-state index contributed by atoms with van der Waals surface area (Å²) < 4.78 is 39.2. The van der Waals surface area contributed by atoms with Crippen LogP contribution in [0, 0.1) is 11.3 Å². The molecule has 0 spiro atoms. The van der Waals surface area contributed by atoms with E-state index in [4.69, 9.17) is 5.26 Å². The zero-order valence-electron chi connectivity index (χ0n) is 13.7. The molecule has 0 saturated carbocycles. The third kappa shape index (κ3) is 5.61. The van der Waals surface area contributed by atoms with E-state index in [2.05, 4.69) is 20.6 Å². The number of halogens is 3. The van der Waals surface area contributed by atoms with E-state index in [-0.39, 0.29) is 11.8 Å². The van der Waals surface area contributed by atoms with E-state index < -0.39 is 11.9 Å². The highest BCUT2D eigenvalue weighted by atomic mass is 19.4. The first kappa shape index (κ1) is 18.5. The number of hydrogen-bond donors (Lipinski definition) is 2. The Labute approximate surface area is 143 Å². The minimum absolute atomic E-state index is 0.00947. The lowest BCUT2D eigenvalue weighted by Crippen LogP contribution is -2.22. The summed E-state index contributed by atoms with van der Waals surface area (Å²) in [4.78, 5) is 9.46. The monoisotopic (exact) mass is 350 g/mol. The Morgan fingerprint density at radius 3 is 2.60 bits per heavy atom. The van der Waals surface area contributed by atoms with Crippen molar-refractivity contribution < 1.29 is 13.2 Å². The molecule has 132 valence electrons. The average molecular weight is 350 g/mol. The van der Waals surface area contributed by atoms with Crippen LogP contribution in [0.5, 0.6) is 0 Å². The van der Waals surface area contributed by atoms with Crippen LogP contribution in [-0.2, 0) is 6.18 Å². The summed E-state index contributed by atoms with van der Waals surface area (Å²) in [6, 6.07) is 9.18. The van der Waals surface area contributed by atoms with Gasteiger partial charge in [-0.05, 0) is 32.3 Å². The van der Waals surface area contributed by atoms with Crippen molar-refractivity contribution in [2.75, 3.05) is 37.8 Å². The van der Waals surface area contributed by atoms with E-state index >= 15 is 0 Å². The van der Waals surface area contributed by atoms with Crippen molar-refractivity contribution in [2.24, 2.45) is 0 Å². The van der Waals surface area contributed by atoms with E-state index in [1.54, 1.807) is 18.2 Å². The molecule has 0 atom stereocenters. The normalized spacial score (nSPS) is 11.2. The quantitative estimate of drug-likeness (QED) is 0.834. The molecular weight excluding hydrogens is 333 g/mol. The van der Waals surface area contributed by atoms with Gasteiger partial charge in [0, 0.05) is 24.8 Å². The third-order valence-electron chi connectivity index (χ3n) is 3.12. The highest BCUT2D eigenvalue weighted by molar-refractivity contribution is 5.59. The molecule has 1 aromatic carbocycles. The number of benzene rings is 1. The lowest BCUT2D eigenvalue weighted by atomic mass is 10.2. The fourth-order valence-electron chi connectivity index (χ4n) is 1.94. The Bertz CT molecular complexity index is 767. The van der Waals surface area contributed by atoms with Crippen LogP contribution >= 0.6 is 0 Å². The predicted molar refractivity (Wildman–Crippen MR) is 88.5 cm³/mol. The van der Waals surface area contributed by atoms with Crippen LogP contribution in [-0.4, -0.2) is 42.1 Å². The molecule has 0 radical (unpaired) electrons. The molecule has 2 rings (SSSR count). The van der Waals surface area contributed by atoms with Gasteiger partial charge in [-0.15, -0.1) is 0 Å². The highest BCUT2D eigenvalue weighted by Crippen LogP contribution is 2.30. The van der Waals surface area contributed by atoms with Gasteiger partial charge >= 0.3 is 6.18 Å². The standard InChI is InChI=1S/C16H17F3N6/c1-25(2)7-6-21-15-23-13(16(17,18)19)9-14(24-15)22-12-5-3-4-11(8-12)10-20/h3-5,8-9H,6-7H2,1-2H3,(H2,21,22,23,24). The van der Waals surface area contributed by atoms with Crippen LogP contribution in [0.25, 0.3) is 0 Å². The van der Waals surface area contributed by atoms with Crippen LogP contribution in [0.2, 0.25) is 0 Å². The molecule has 0 fully saturated rings. The molecule has 0 saturated heterocycles. The summed E-state index contributed by atoms with van der Waals surface area (Å²) in [5, 5.41) is 14.5. The maximum absolute atomic E-state index is 13.1. The van der Waals surface area contributed by atoms with E-state index in [9.17, 15) is 13.2 Å². The Morgan fingerprint density at radius 1 is 1.20 bits per heavy atom. The molecule has 0 unspecified atom stereocenters. The summed E-state index contributed by atoms with van der Waals surface area (Å²) in [6.45, 7) is 1.02. The van der Waals surface area contributed by atoms with Gasteiger partial charge in [0.2, 0.25) is 5.95 Å². The molecule has 0 aliphatic heterocycles. The Morgan fingerprint density at radius 2 is 1.96 bits per heavy atom. The molecular formula is C16H17F3N6. The molecule has 6 nitrogen and oxygen atoms in total. The van der Waals surface area contributed by atoms with Crippen molar-refractivity contribution in [1.29, 1.82) is 5.26 Å². The van der Waals surface area contributed by atoms with Crippen LogP contribution < -0.4 is 10.6 Å². The number of rotatable bonds is 6. The number of likely N-dealkylation sites (N-methyl/N-ethyl adjacent to an activating group) is 1. The molecule has 0 bridgehead atoms. The van der Waals surface area contributed by atoms with Crippen molar-refractivity contribution in [3.63, 3.8) is 0 Å². The maximum atomic E-state index is 13.1. The first-order valence-electron chi connectivity index (χ1n) is 7.40. The molecule has 1 heterocycles. The van der Waals surface area contributed by atoms with E-state index in [0.717, 1.165) is 6.07 Å². The summed E-state index contributed by atoms with van der Waals surface area (Å²) in [6.07, 6.45) is -4.59. The fourth-order valence-corrected chi connectivity index (χ4v) is 1.94. The molecule has 0 aliphatic carbocycles. The number of nitrogens with one attached hydrogen (secondary N) is 2. The maximum Gasteiger partial charge on any atom is 0.433 e. The van der Waals surface area contributed by atoms with Crippen molar-refractivity contribution in [3.8, 4) is 6.07 Å². The van der Waals surface area contributed by atoms with Gasteiger partial charge in [0.1, 0.15) is 5.82 Å². The Balaban J connectivity index is 2.27. The zero-order chi connectivity index (χ0) is 18.4. The summed E-state index contributed by atoms with van der Waals surface area (Å²) in [5.41, 5.74) is -0.196. The molecule has 0 amide bonds. The molecule has 9 heteroatoms. The summed E-state index contributed by atoms with van der Waals surface area (Å²) >= 11 is 0. The number of nitrogens with zero attached hydrogens (tertiary/aromatic N) is 4. The second-order valence-electron chi connectivity index (χ2n) is 5.51. The second kappa shape index (κ2) is 7.81. The lowest BCUT2D eigenvalue weighted by molar-refractivity contribution is -0.141. The molecule has 2 N–H and O–H groups in total. The van der Waals surface area contributed by atoms with Gasteiger partial charge in [0.15, 0.2) is 5.69 Å². The number of nitriles is 1. The first-order chi connectivity index (χ1) is 11.8. The van der Waals surface area contributed by atoms with E-state index in [1.165, 1.54) is 6.07 Å². The van der Waals surface area contributed by atoms with Gasteiger partial charge in [-0.2, -0.15) is 23.4 Å². The minimum Gasteiger partial charge on any atom is -0.353 e. The SMILES string of the molecule is CN(C)CCNc1nc(Nc2cccc(C#N)c2)cc(C(F)(F)F)n1. The minimum atomic E-state index is -4.59. The molecule has 2 aromatic rings. The molecule has 25 heavy (non-hydrogen) atoms. The van der Waals surface area contributed by atoms with E-state index in [1.807, 2.05) is 25.1 Å². The van der Waals surface area contributed by atoms with Crippen molar-refractivity contribution in [3.05, 3.63) is 41.6 Å². The lowest BCUT2D eigenvalue weighted by Gasteiger charge is -2.14. The fraction of sp³-hybridized carbons (Fsp3) is 0.312. The van der Waals surface area contributed by atoms with Gasteiger partial charge in [0.05, 0.1) is 11.6 Å². The number of alkyl halides is 3. The van der Waals surface area contributed by atoms with E-state index in [0.29, 0.717) is 24.3 Å². The van der Waals surface area contributed by atoms with Crippen LogP contribution in [0.4, 0.5) is 30.6 Å². The van der Waals surface area contributed by atoms with Crippen molar-refractivity contribution in [1.82, 2.24) is 14.9 Å². The van der Waals surface area contributed by atoms with Crippen molar-refractivity contribution in [2.45, 2.75) is 6.18 Å². The molecule has 0 aliphatic rings. The number of hydrogen-bond acceptors (Lipinski definition) is 6. The zero-order valence-corrected chi connectivity index (χ0v) is 13.7. The largest absolute Gasteiger partial charge is 0.433 e. The molecule has 1 aromatic heterocycles. The van der Waals surface area contributed by atoms with Crippen LogP contribution in [0.1, 0.15) is 11.3 Å². The summed E-state index contributed by atoms with van der Waals surface area (Å²) in [5.74, 6) is -0.125. The van der Waals surface area contributed by atoms with Gasteiger partial charge < -0.3 is 15.5 Å². The van der Waals surface area contributed by atoms with Gasteiger partial charge in [0.25, 0.3) is 0 Å². The number of anilines is 3. The first-order valence-corrected chi connectivity index (χ1v) is 7.40. The Hall–Kier alpha value is -2.86. The van der Waals surface area contributed by atoms with Gasteiger partial charge in [-0.1, -0.05) is 6.07 Å². The third-order valence-corrected chi connectivity index (χ3v) is 3.12. The smallest absolute Gasteiger partial charge is 0.353 e. The van der Waals surface area contributed by atoms with Crippen LogP contribution in [0.3, 0.4) is 0 Å².